The van der Waals surface area contributed by atoms with Crippen LogP contribution in [0.5, 0.6) is 0 Å². The smallest absolute Gasteiger partial charge is 0.283 e. The average molecular weight is 707 g/mol. The lowest BCUT2D eigenvalue weighted by Crippen LogP contribution is -2.21. The summed E-state index contributed by atoms with van der Waals surface area (Å²) >= 11 is 0. The van der Waals surface area contributed by atoms with Crippen molar-refractivity contribution >= 4 is 52.6 Å². The number of hydrogen-bond donors (Lipinski definition) is 1. The van der Waals surface area contributed by atoms with Gasteiger partial charge in [0.15, 0.2) is 0 Å². The number of hydrogen-bond acceptors (Lipinski definition) is 5. The van der Waals surface area contributed by atoms with E-state index in [1.54, 1.807) is 30.3 Å². The van der Waals surface area contributed by atoms with Gasteiger partial charge >= 0.3 is 0 Å². The van der Waals surface area contributed by atoms with Gasteiger partial charge in [0.25, 0.3) is 20.2 Å². The monoisotopic (exact) mass is 706 g/mol. The standard InChI is InChI=1S/C43H30O6S2/c44-50(45,46)43(32-13-2-1-3-14-32)49-51(47,48)42-40(37-22-19-30-11-5-8-16-34(30)25-37)27-39(36-21-18-29-10-4-7-15-33(29)24-36)28-41(42)38-23-20-31-12-6-9-17-35(31)26-38/h1-28,43H,(H,44,45,46). The van der Waals surface area contributed by atoms with E-state index in [1.165, 1.54) is 12.1 Å². The first-order chi connectivity index (χ1) is 24.6. The molecule has 0 spiro atoms. The van der Waals surface area contributed by atoms with Crippen molar-refractivity contribution in [3.63, 3.8) is 0 Å². The van der Waals surface area contributed by atoms with Crippen LogP contribution in [-0.4, -0.2) is 21.4 Å². The zero-order chi connectivity index (χ0) is 35.2. The van der Waals surface area contributed by atoms with Gasteiger partial charge in [0.05, 0.1) is 0 Å². The second kappa shape index (κ2) is 12.9. The van der Waals surface area contributed by atoms with Crippen molar-refractivity contribution in [3.05, 3.63) is 175 Å². The van der Waals surface area contributed by atoms with E-state index in [4.69, 9.17) is 4.18 Å². The fourth-order valence-electron chi connectivity index (χ4n) is 6.63. The van der Waals surface area contributed by atoms with Crippen LogP contribution in [0.4, 0.5) is 0 Å². The van der Waals surface area contributed by atoms with Crippen LogP contribution in [0.25, 0.3) is 65.7 Å². The zero-order valence-corrected chi connectivity index (χ0v) is 28.7. The maximum atomic E-state index is 14.8. The molecule has 8 aromatic carbocycles. The van der Waals surface area contributed by atoms with Gasteiger partial charge in [0, 0.05) is 11.1 Å². The van der Waals surface area contributed by atoms with Crippen LogP contribution in [0, 0.1) is 0 Å². The molecule has 8 heteroatoms. The first-order valence-electron chi connectivity index (χ1n) is 16.2. The summed E-state index contributed by atoms with van der Waals surface area (Å²) in [7, 11) is -9.97. The van der Waals surface area contributed by atoms with Crippen LogP contribution in [-0.2, 0) is 24.4 Å². The molecule has 6 nitrogen and oxygen atoms in total. The van der Waals surface area contributed by atoms with Crippen molar-refractivity contribution in [3.8, 4) is 33.4 Å². The second-order valence-electron chi connectivity index (χ2n) is 12.4. The first-order valence-corrected chi connectivity index (χ1v) is 19.2. The first kappa shape index (κ1) is 32.6. The maximum absolute atomic E-state index is 14.8. The molecule has 1 unspecified atom stereocenters. The topological polar surface area (TPSA) is 97.7 Å². The third kappa shape index (κ3) is 6.42. The molecule has 0 radical (unpaired) electrons. The second-order valence-corrected chi connectivity index (χ2v) is 15.4. The Morgan fingerprint density at radius 2 is 0.804 bits per heavy atom. The predicted molar refractivity (Wildman–Crippen MR) is 204 cm³/mol. The van der Waals surface area contributed by atoms with Gasteiger partial charge in [0.2, 0.25) is 5.44 Å². The zero-order valence-electron chi connectivity index (χ0n) is 27.0. The molecule has 0 fully saturated rings. The van der Waals surface area contributed by atoms with E-state index >= 15 is 0 Å². The highest BCUT2D eigenvalue weighted by molar-refractivity contribution is 7.89. The summed E-state index contributed by atoms with van der Waals surface area (Å²) < 4.78 is 71.0. The van der Waals surface area contributed by atoms with Gasteiger partial charge in [-0.15, -0.1) is 0 Å². The van der Waals surface area contributed by atoms with Gasteiger partial charge in [-0.3, -0.25) is 4.55 Å². The van der Waals surface area contributed by atoms with Crippen LogP contribution in [0.2, 0.25) is 0 Å². The molecule has 0 aliphatic rings. The van der Waals surface area contributed by atoms with Crippen molar-refractivity contribution in [1.29, 1.82) is 0 Å². The van der Waals surface area contributed by atoms with Crippen LogP contribution >= 0.6 is 0 Å². The van der Waals surface area contributed by atoms with Crippen molar-refractivity contribution in [2.75, 3.05) is 0 Å². The molecule has 0 aliphatic carbocycles. The van der Waals surface area contributed by atoms with E-state index in [-0.39, 0.29) is 10.5 Å². The molecule has 8 rings (SSSR count). The van der Waals surface area contributed by atoms with E-state index in [9.17, 15) is 21.4 Å². The highest BCUT2D eigenvalue weighted by Crippen LogP contribution is 2.44. The van der Waals surface area contributed by atoms with Crippen molar-refractivity contribution in [2.24, 2.45) is 0 Å². The molecular formula is C43H30O6S2. The van der Waals surface area contributed by atoms with Crippen molar-refractivity contribution < 1.29 is 25.6 Å². The van der Waals surface area contributed by atoms with Crippen molar-refractivity contribution in [2.45, 2.75) is 10.3 Å². The van der Waals surface area contributed by atoms with Gasteiger partial charge in [-0.1, -0.05) is 140 Å². The summed E-state index contributed by atoms with van der Waals surface area (Å²) in [5.74, 6) is 0. The average Bonchev–Trinajstić information content (AvgIpc) is 3.15. The lowest BCUT2D eigenvalue weighted by Gasteiger charge is -2.21. The van der Waals surface area contributed by atoms with E-state index < -0.39 is 25.7 Å². The summed E-state index contributed by atoms with van der Waals surface area (Å²) in [6, 6.07) is 52.1. The minimum Gasteiger partial charge on any atom is -0.283 e. The fraction of sp³-hybridized carbons (Fsp3) is 0.0233. The SMILES string of the molecule is O=S(=O)(OC(c1ccccc1)S(=O)(=O)O)c1c(-c2ccc3ccccc3c2)cc(-c2ccc3ccccc3c2)cc1-c1ccc2ccccc2c1. The third-order valence-corrected chi connectivity index (χ3v) is 11.5. The molecule has 0 amide bonds. The van der Waals surface area contributed by atoms with E-state index in [0.717, 1.165) is 43.4 Å². The fourth-order valence-corrected chi connectivity index (χ4v) is 9.17. The summed E-state index contributed by atoms with van der Waals surface area (Å²) in [6.45, 7) is 0. The number of rotatable bonds is 8. The Kier molecular flexibility index (Phi) is 8.24. The summed E-state index contributed by atoms with van der Waals surface area (Å²) in [5.41, 5.74) is 1.19. The number of benzene rings is 8. The quantitative estimate of drug-likeness (QED) is 0.125. The third-order valence-electron chi connectivity index (χ3n) is 9.10. The minimum atomic E-state index is -5.05. The normalized spacial score (nSPS) is 12.7. The summed E-state index contributed by atoms with van der Waals surface area (Å²) in [6.07, 6.45) is 0. The molecule has 1 N–H and O–H groups in total. The van der Waals surface area contributed by atoms with E-state index in [2.05, 4.69) is 6.07 Å². The molecular weight excluding hydrogens is 677 g/mol. The molecule has 250 valence electrons. The highest BCUT2D eigenvalue weighted by Gasteiger charge is 2.36. The lowest BCUT2D eigenvalue weighted by molar-refractivity contribution is 0.266. The molecule has 0 saturated heterocycles. The maximum Gasteiger partial charge on any atom is 0.299 e. The van der Waals surface area contributed by atoms with Gasteiger partial charge < -0.3 is 0 Å². The van der Waals surface area contributed by atoms with Crippen molar-refractivity contribution in [1.82, 2.24) is 0 Å². The molecule has 0 aromatic heterocycles. The van der Waals surface area contributed by atoms with Gasteiger partial charge in [0.1, 0.15) is 4.90 Å². The Morgan fingerprint density at radius 3 is 1.25 bits per heavy atom. The summed E-state index contributed by atoms with van der Waals surface area (Å²) in [5, 5.41) is 5.81. The van der Waals surface area contributed by atoms with Crippen LogP contribution in [0.1, 0.15) is 11.0 Å². The summed E-state index contributed by atoms with van der Waals surface area (Å²) in [4.78, 5) is -0.220. The lowest BCUT2D eigenvalue weighted by atomic mass is 9.91. The molecule has 8 aromatic rings. The number of fused-ring (bicyclic) bond motifs is 3. The van der Waals surface area contributed by atoms with Crippen LogP contribution in [0.3, 0.4) is 0 Å². The molecule has 1 atom stereocenters. The minimum absolute atomic E-state index is 0.0316. The largest absolute Gasteiger partial charge is 0.299 e. The predicted octanol–water partition coefficient (Wildman–Crippen LogP) is 10.4. The molecule has 0 aliphatic heterocycles. The Hall–Kier alpha value is -5.64. The van der Waals surface area contributed by atoms with Gasteiger partial charge in [-0.2, -0.15) is 16.8 Å². The van der Waals surface area contributed by atoms with E-state index in [1.807, 2.05) is 121 Å². The van der Waals surface area contributed by atoms with Crippen LogP contribution < -0.4 is 0 Å². The molecule has 0 bridgehead atoms. The van der Waals surface area contributed by atoms with Gasteiger partial charge in [-0.05, 0) is 90.5 Å². The molecule has 51 heavy (non-hydrogen) atoms. The Labute approximate surface area is 296 Å². The van der Waals surface area contributed by atoms with E-state index in [0.29, 0.717) is 22.3 Å². The Bertz CT molecular complexity index is 2730. The van der Waals surface area contributed by atoms with Crippen LogP contribution in [0.15, 0.2) is 175 Å². The molecule has 0 heterocycles. The Balaban J connectivity index is 1.45. The Morgan fingerprint density at radius 1 is 0.412 bits per heavy atom. The van der Waals surface area contributed by atoms with Gasteiger partial charge in [-0.25, -0.2) is 4.18 Å². The highest BCUT2D eigenvalue weighted by atomic mass is 32.2. The molecule has 0 saturated carbocycles.